The molecule has 21 heavy (non-hydrogen) atoms. The van der Waals surface area contributed by atoms with Gasteiger partial charge in [-0.2, -0.15) is 0 Å². The molecule has 0 saturated carbocycles. The molecule has 0 aliphatic heterocycles. The van der Waals surface area contributed by atoms with Gasteiger partial charge in [-0.15, -0.1) is 10.2 Å². The summed E-state index contributed by atoms with van der Waals surface area (Å²) in [6.07, 6.45) is 0. The number of anilines is 1. The first-order valence-electron chi connectivity index (χ1n) is 6.07. The highest BCUT2D eigenvalue weighted by atomic mass is 32.1. The average molecular weight is 306 g/mol. The fourth-order valence-corrected chi connectivity index (χ4v) is 1.88. The second-order valence-corrected chi connectivity index (χ2v) is 5.10. The minimum atomic E-state index is -0.361. The van der Waals surface area contributed by atoms with Gasteiger partial charge in [-0.3, -0.25) is 14.9 Å². The smallest absolute Gasteiger partial charge is 0.261 e. The molecule has 110 valence electrons. The zero-order valence-corrected chi connectivity index (χ0v) is 12.4. The summed E-state index contributed by atoms with van der Waals surface area (Å²) >= 11 is 1.22. The fourth-order valence-electron chi connectivity index (χ4n) is 1.44. The van der Waals surface area contributed by atoms with E-state index in [4.69, 9.17) is 4.74 Å². The minimum absolute atomic E-state index is 0.129. The lowest BCUT2D eigenvalue weighted by atomic mass is 10.2. The number of carbonyl (C=O) groups excluding carboxylic acids is 2. The van der Waals surface area contributed by atoms with Crippen molar-refractivity contribution in [1.29, 1.82) is 0 Å². The number of rotatable bonds is 5. The highest BCUT2D eigenvalue weighted by Gasteiger charge is 2.15. The maximum absolute atomic E-state index is 12.2. The average Bonchev–Trinajstić information content (AvgIpc) is 2.97. The summed E-state index contributed by atoms with van der Waals surface area (Å²) in [7, 11) is 3.28. The van der Waals surface area contributed by atoms with E-state index in [0.29, 0.717) is 16.4 Å². The van der Waals surface area contributed by atoms with E-state index in [1.54, 1.807) is 38.4 Å². The number of amides is 2. The Morgan fingerprint density at radius 2 is 2.10 bits per heavy atom. The van der Waals surface area contributed by atoms with E-state index in [-0.39, 0.29) is 18.4 Å². The lowest BCUT2D eigenvalue weighted by Gasteiger charge is -2.13. The Morgan fingerprint density at radius 1 is 1.33 bits per heavy atom. The molecule has 1 N–H and O–H groups in total. The number of para-hydroxylation sites is 1. The van der Waals surface area contributed by atoms with Crippen LogP contribution < -0.4 is 10.1 Å². The number of nitrogens with zero attached hydrogens (tertiary/aromatic N) is 3. The van der Waals surface area contributed by atoms with Gasteiger partial charge in [0.1, 0.15) is 11.3 Å². The van der Waals surface area contributed by atoms with Crippen LogP contribution in [0.2, 0.25) is 0 Å². The summed E-state index contributed by atoms with van der Waals surface area (Å²) in [5.74, 6) is -0.205. The number of aromatic nitrogens is 2. The molecule has 0 saturated heterocycles. The van der Waals surface area contributed by atoms with Gasteiger partial charge < -0.3 is 9.64 Å². The van der Waals surface area contributed by atoms with Crippen LogP contribution >= 0.6 is 11.3 Å². The van der Waals surface area contributed by atoms with Gasteiger partial charge in [-0.1, -0.05) is 23.5 Å². The Hall–Kier alpha value is -2.48. The highest BCUT2D eigenvalue weighted by Crippen LogP contribution is 2.20. The zero-order valence-electron chi connectivity index (χ0n) is 11.6. The number of ether oxygens (including phenoxy) is 1. The van der Waals surface area contributed by atoms with Crippen molar-refractivity contribution in [3.63, 3.8) is 0 Å². The summed E-state index contributed by atoms with van der Waals surface area (Å²) in [4.78, 5) is 25.1. The normalized spacial score (nSPS) is 10.0. The van der Waals surface area contributed by atoms with E-state index in [9.17, 15) is 9.59 Å². The lowest BCUT2D eigenvalue weighted by Crippen LogP contribution is -2.28. The van der Waals surface area contributed by atoms with Crippen LogP contribution in [0, 0.1) is 0 Å². The van der Waals surface area contributed by atoms with E-state index in [0.717, 1.165) is 0 Å². The molecule has 0 unspecified atom stereocenters. The maximum atomic E-state index is 12.2. The van der Waals surface area contributed by atoms with Crippen molar-refractivity contribution < 1.29 is 14.3 Å². The minimum Gasteiger partial charge on any atom is -0.483 e. The van der Waals surface area contributed by atoms with Crippen LogP contribution in [0.15, 0.2) is 29.8 Å². The highest BCUT2D eigenvalue weighted by molar-refractivity contribution is 7.13. The quantitative estimate of drug-likeness (QED) is 0.899. The second-order valence-electron chi connectivity index (χ2n) is 4.27. The van der Waals surface area contributed by atoms with Crippen molar-refractivity contribution in [2.24, 2.45) is 0 Å². The number of likely N-dealkylation sites (N-methyl/N-ethyl adjacent to an activating group) is 1. The molecule has 0 atom stereocenters. The van der Waals surface area contributed by atoms with E-state index in [1.165, 1.54) is 21.7 Å². The number of hydrogen-bond acceptors (Lipinski definition) is 6. The molecule has 1 aromatic carbocycles. The van der Waals surface area contributed by atoms with Crippen molar-refractivity contribution >= 4 is 28.3 Å². The number of carbonyl (C=O) groups is 2. The summed E-state index contributed by atoms with van der Waals surface area (Å²) < 4.78 is 5.42. The first-order valence-corrected chi connectivity index (χ1v) is 6.95. The van der Waals surface area contributed by atoms with Gasteiger partial charge in [0.2, 0.25) is 5.13 Å². The van der Waals surface area contributed by atoms with E-state index in [2.05, 4.69) is 15.5 Å². The molecule has 0 radical (unpaired) electrons. The van der Waals surface area contributed by atoms with Crippen LogP contribution in [-0.4, -0.2) is 47.6 Å². The zero-order chi connectivity index (χ0) is 15.2. The molecule has 1 heterocycles. The van der Waals surface area contributed by atoms with Crippen LogP contribution in [0.1, 0.15) is 10.4 Å². The first-order chi connectivity index (χ1) is 10.1. The summed E-state index contributed by atoms with van der Waals surface area (Å²) in [6, 6.07) is 6.70. The molecule has 2 amide bonds. The Kier molecular flexibility index (Phi) is 4.83. The third-order valence-corrected chi connectivity index (χ3v) is 3.17. The molecular formula is C13H14N4O3S. The van der Waals surface area contributed by atoms with Gasteiger partial charge >= 0.3 is 0 Å². The van der Waals surface area contributed by atoms with E-state index in [1.807, 2.05) is 0 Å². The van der Waals surface area contributed by atoms with Crippen LogP contribution in [0.5, 0.6) is 5.75 Å². The summed E-state index contributed by atoms with van der Waals surface area (Å²) in [5, 5.41) is 10.4. The van der Waals surface area contributed by atoms with E-state index >= 15 is 0 Å². The van der Waals surface area contributed by atoms with Crippen molar-refractivity contribution in [3.8, 4) is 5.75 Å². The van der Waals surface area contributed by atoms with Crippen molar-refractivity contribution in [1.82, 2.24) is 15.1 Å². The summed E-state index contributed by atoms with van der Waals surface area (Å²) in [5.41, 5.74) is 1.85. The molecule has 0 bridgehead atoms. The molecular weight excluding hydrogens is 292 g/mol. The number of benzene rings is 1. The van der Waals surface area contributed by atoms with Gasteiger partial charge in [-0.25, -0.2) is 0 Å². The topological polar surface area (TPSA) is 84.4 Å². The van der Waals surface area contributed by atoms with Crippen molar-refractivity contribution in [2.75, 3.05) is 26.0 Å². The Balaban J connectivity index is 2.09. The molecule has 2 aromatic rings. The second kappa shape index (κ2) is 6.80. The van der Waals surface area contributed by atoms with E-state index < -0.39 is 0 Å². The van der Waals surface area contributed by atoms with Crippen molar-refractivity contribution in [2.45, 2.75) is 0 Å². The molecule has 0 fully saturated rings. The monoisotopic (exact) mass is 306 g/mol. The van der Waals surface area contributed by atoms with Crippen LogP contribution in [0.3, 0.4) is 0 Å². The third kappa shape index (κ3) is 3.99. The Morgan fingerprint density at radius 3 is 2.76 bits per heavy atom. The lowest BCUT2D eigenvalue weighted by molar-refractivity contribution is -0.130. The molecule has 0 spiro atoms. The Bertz CT molecular complexity index is 628. The predicted molar refractivity (Wildman–Crippen MR) is 78.5 cm³/mol. The van der Waals surface area contributed by atoms with Gasteiger partial charge in [0.15, 0.2) is 6.61 Å². The molecule has 2 rings (SSSR count). The SMILES string of the molecule is CN(C)C(=O)COc1ccccc1C(=O)Nc1nncs1. The molecule has 7 nitrogen and oxygen atoms in total. The van der Waals surface area contributed by atoms with Crippen LogP contribution in [0.4, 0.5) is 5.13 Å². The summed E-state index contributed by atoms with van der Waals surface area (Å²) in [6.45, 7) is -0.129. The van der Waals surface area contributed by atoms with Crippen LogP contribution in [-0.2, 0) is 4.79 Å². The van der Waals surface area contributed by atoms with Gasteiger partial charge in [0.25, 0.3) is 11.8 Å². The molecule has 1 aromatic heterocycles. The largest absolute Gasteiger partial charge is 0.483 e. The van der Waals surface area contributed by atoms with Gasteiger partial charge in [0.05, 0.1) is 5.56 Å². The van der Waals surface area contributed by atoms with Crippen molar-refractivity contribution in [3.05, 3.63) is 35.3 Å². The third-order valence-electron chi connectivity index (χ3n) is 2.56. The van der Waals surface area contributed by atoms with Crippen LogP contribution in [0.25, 0.3) is 0 Å². The number of nitrogens with one attached hydrogen (secondary N) is 1. The maximum Gasteiger partial charge on any atom is 0.261 e. The predicted octanol–water partition coefficient (Wildman–Crippen LogP) is 1.26. The van der Waals surface area contributed by atoms with Gasteiger partial charge in [-0.05, 0) is 12.1 Å². The molecule has 0 aliphatic carbocycles. The molecule has 0 aliphatic rings. The first kappa shape index (κ1) is 14.9. The number of hydrogen-bond donors (Lipinski definition) is 1. The standard InChI is InChI=1S/C13H14N4O3S/c1-17(2)11(18)7-20-10-6-4-3-5-9(10)12(19)15-13-16-14-8-21-13/h3-6,8H,7H2,1-2H3,(H,15,16,19). The molecule has 8 heteroatoms. The fraction of sp³-hybridized carbons (Fsp3) is 0.231. The van der Waals surface area contributed by atoms with Gasteiger partial charge in [0, 0.05) is 14.1 Å². The Labute approximate surface area is 125 Å².